The molecule has 1 aromatic heterocycles. The van der Waals surface area contributed by atoms with Gasteiger partial charge in [-0.3, -0.25) is 0 Å². The number of carboxylic acid groups (broad SMARTS) is 1. The Hall–Kier alpha value is -3.39. The predicted octanol–water partition coefficient (Wildman–Crippen LogP) is 5.31. The van der Waals surface area contributed by atoms with Gasteiger partial charge in [-0.25, -0.2) is 14.0 Å². The van der Waals surface area contributed by atoms with Gasteiger partial charge in [-0.2, -0.15) is 0 Å². The summed E-state index contributed by atoms with van der Waals surface area (Å²) in [5.41, 5.74) is 4.07. The number of carbonyl (C=O) groups is 1. The molecular weight excluding hydrogens is 331 g/mol. The Kier molecular flexibility index (Phi) is 4.59. The Bertz CT molecular complexity index is 1010. The Morgan fingerprint density at radius 2 is 1.58 bits per heavy atom. The fourth-order valence-corrected chi connectivity index (χ4v) is 3.24. The number of carboxylic acids is 1. The standard InChI is InChI=1S/C21H17FN2O2/c1-4-17-19(23-2)18(20(21(25)26)24(17)3)15-7-5-13(6-8-15)14-9-11-16(22)12-10-14/h5-12H,4H2,1,3H3,(H,25,26). The maximum Gasteiger partial charge on any atom is 0.351 e. The molecule has 0 saturated heterocycles. The second-order valence-corrected chi connectivity index (χ2v) is 5.93. The number of halogens is 1. The molecule has 26 heavy (non-hydrogen) atoms. The van der Waals surface area contributed by atoms with Crippen molar-refractivity contribution in [3.05, 3.63) is 77.2 Å². The maximum atomic E-state index is 13.1. The van der Waals surface area contributed by atoms with E-state index in [1.54, 1.807) is 35.9 Å². The third-order valence-electron chi connectivity index (χ3n) is 4.49. The van der Waals surface area contributed by atoms with Crippen molar-refractivity contribution in [2.75, 3.05) is 0 Å². The van der Waals surface area contributed by atoms with Crippen LogP contribution in [0.15, 0.2) is 48.5 Å². The van der Waals surface area contributed by atoms with Crippen molar-refractivity contribution >= 4 is 11.7 Å². The van der Waals surface area contributed by atoms with E-state index in [-0.39, 0.29) is 11.5 Å². The molecule has 130 valence electrons. The van der Waals surface area contributed by atoms with E-state index in [0.29, 0.717) is 28.9 Å². The van der Waals surface area contributed by atoms with Gasteiger partial charge in [0, 0.05) is 18.3 Å². The lowest BCUT2D eigenvalue weighted by Crippen LogP contribution is -2.07. The van der Waals surface area contributed by atoms with Gasteiger partial charge < -0.3 is 9.67 Å². The number of aromatic nitrogens is 1. The zero-order chi connectivity index (χ0) is 18.8. The average Bonchev–Trinajstić information content (AvgIpc) is 2.94. The number of benzene rings is 2. The van der Waals surface area contributed by atoms with E-state index >= 15 is 0 Å². The first-order valence-electron chi connectivity index (χ1n) is 8.16. The third-order valence-corrected chi connectivity index (χ3v) is 4.49. The maximum absolute atomic E-state index is 13.1. The largest absolute Gasteiger partial charge is 0.477 e. The van der Waals surface area contributed by atoms with Crippen molar-refractivity contribution in [3.8, 4) is 22.3 Å². The summed E-state index contributed by atoms with van der Waals surface area (Å²) >= 11 is 0. The molecule has 4 nitrogen and oxygen atoms in total. The van der Waals surface area contributed by atoms with Gasteiger partial charge in [0.2, 0.25) is 5.69 Å². The first kappa shape index (κ1) is 17.4. The van der Waals surface area contributed by atoms with Crippen LogP contribution in [0, 0.1) is 12.4 Å². The van der Waals surface area contributed by atoms with E-state index in [1.807, 2.05) is 19.1 Å². The summed E-state index contributed by atoms with van der Waals surface area (Å²) in [4.78, 5) is 15.4. The second-order valence-electron chi connectivity index (χ2n) is 5.93. The lowest BCUT2D eigenvalue weighted by molar-refractivity contribution is 0.0687. The summed E-state index contributed by atoms with van der Waals surface area (Å²) in [5.74, 6) is -1.36. The van der Waals surface area contributed by atoms with Gasteiger partial charge in [0.25, 0.3) is 0 Å². The summed E-state index contributed by atoms with van der Waals surface area (Å²) in [6, 6.07) is 13.5. The molecule has 0 aliphatic carbocycles. The predicted molar refractivity (Wildman–Crippen MR) is 98.8 cm³/mol. The Labute approximate surface area is 151 Å². The van der Waals surface area contributed by atoms with Crippen LogP contribution >= 0.6 is 0 Å². The van der Waals surface area contributed by atoms with Crippen LogP contribution in [-0.4, -0.2) is 15.6 Å². The molecule has 0 atom stereocenters. The van der Waals surface area contributed by atoms with Crippen molar-refractivity contribution in [2.45, 2.75) is 13.3 Å². The van der Waals surface area contributed by atoms with Crippen molar-refractivity contribution in [1.29, 1.82) is 0 Å². The first-order chi connectivity index (χ1) is 12.5. The van der Waals surface area contributed by atoms with Gasteiger partial charge in [-0.1, -0.05) is 43.3 Å². The monoisotopic (exact) mass is 348 g/mol. The minimum absolute atomic E-state index is 0.113. The third kappa shape index (κ3) is 2.86. The molecule has 0 bridgehead atoms. The summed E-state index contributed by atoms with van der Waals surface area (Å²) in [7, 11) is 1.67. The molecule has 1 heterocycles. The minimum atomic E-state index is -1.06. The number of aromatic carboxylic acids is 1. The van der Waals surface area contributed by atoms with Crippen LogP contribution < -0.4 is 0 Å². The van der Waals surface area contributed by atoms with Crippen LogP contribution in [0.4, 0.5) is 10.1 Å². The smallest absolute Gasteiger partial charge is 0.351 e. The van der Waals surface area contributed by atoms with Crippen LogP contribution in [-0.2, 0) is 13.5 Å². The normalized spacial score (nSPS) is 10.5. The van der Waals surface area contributed by atoms with E-state index in [0.717, 1.165) is 11.1 Å². The molecule has 0 unspecified atom stereocenters. The summed E-state index contributed by atoms with van der Waals surface area (Å²) in [5, 5.41) is 9.64. The topological polar surface area (TPSA) is 46.6 Å². The zero-order valence-electron chi connectivity index (χ0n) is 14.5. The van der Waals surface area contributed by atoms with Crippen LogP contribution in [0.25, 0.3) is 27.1 Å². The summed E-state index contributed by atoms with van der Waals surface area (Å²) in [6.07, 6.45) is 0.572. The van der Waals surface area contributed by atoms with Gasteiger partial charge in [-0.15, -0.1) is 0 Å². The van der Waals surface area contributed by atoms with Gasteiger partial charge in [0.05, 0.1) is 6.57 Å². The number of rotatable bonds is 4. The highest BCUT2D eigenvalue weighted by Crippen LogP contribution is 2.40. The van der Waals surface area contributed by atoms with Crippen molar-refractivity contribution in [3.63, 3.8) is 0 Å². The fourth-order valence-electron chi connectivity index (χ4n) is 3.24. The lowest BCUT2D eigenvalue weighted by Gasteiger charge is -2.07. The average molecular weight is 348 g/mol. The minimum Gasteiger partial charge on any atom is -0.477 e. The van der Waals surface area contributed by atoms with Crippen molar-refractivity contribution in [1.82, 2.24) is 4.57 Å². The van der Waals surface area contributed by atoms with Crippen LogP contribution in [0.2, 0.25) is 0 Å². The fraction of sp³-hybridized carbons (Fsp3) is 0.143. The van der Waals surface area contributed by atoms with E-state index in [9.17, 15) is 14.3 Å². The summed E-state index contributed by atoms with van der Waals surface area (Å²) < 4.78 is 14.7. The highest BCUT2D eigenvalue weighted by molar-refractivity contribution is 6.00. The van der Waals surface area contributed by atoms with Gasteiger partial charge in [0.1, 0.15) is 11.5 Å². The van der Waals surface area contributed by atoms with E-state index < -0.39 is 5.97 Å². The van der Waals surface area contributed by atoms with Crippen LogP contribution in [0.1, 0.15) is 23.1 Å². The molecule has 2 aromatic carbocycles. The molecule has 3 aromatic rings. The van der Waals surface area contributed by atoms with E-state index in [1.165, 1.54) is 12.1 Å². The molecule has 0 saturated carbocycles. The molecule has 0 aliphatic rings. The molecule has 0 spiro atoms. The van der Waals surface area contributed by atoms with Gasteiger partial charge in [-0.05, 0) is 35.2 Å². The number of hydrogen-bond donors (Lipinski definition) is 1. The van der Waals surface area contributed by atoms with Gasteiger partial charge in [0.15, 0.2) is 0 Å². The Balaban J connectivity index is 2.14. The van der Waals surface area contributed by atoms with Crippen LogP contribution in [0.5, 0.6) is 0 Å². The molecule has 1 N–H and O–H groups in total. The first-order valence-corrected chi connectivity index (χ1v) is 8.16. The zero-order valence-corrected chi connectivity index (χ0v) is 14.5. The second kappa shape index (κ2) is 6.85. The molecule has 3 rings (SSSR count). The SMILES string of the molecule is [C-]#[N+]c1c(-c2ccc(-c3ccc(F)cc3)cc2)c(C(=O)O)n(C)c1CC. The Morgan fingerprint density at radius 1 is 1.08 bits per heavy atom. The molecule has 0 fully saturated rings. The molecule has 0 amide bonds. The van der Waals surface area contributed by atoms with Crippen molar-refractivity contribution < 1.29 is 14.3 Å². The van der Waals surface area contributed by atoms with Crippen LogP contribution in [0.3, 0.4) is 0 Å². The Morgan fingerprint density at radius 3 is 2.04 bits per heavy atom. The molecular formula is C21H17FN2O2. The number of nitrogens with zero attached hydrogens (tertiary/aromatic N) is 2. The molecule has 5 heteroatoms. The lowest BCUT2D eigenvalue weighted by atomic mass is 9.99. The van der Waals surface area contributed by atoms with E-state index in [4.69, 9.17) is 6.57 Å². The summed E-state index contributed by atoms with van der Waals surface area (Å²) in [6.45, 7) is 9.41. The molecule has 0 radical (unpaired) electrons. The highest BCUT2D eigenvalue weighted by atomic mass is 19.1. The highest BCUT2D eigenvalue weighted by Gasteiger charge is 2.25. The van der Waals surface area contributed by atoms with Crippen molar-refractivity contribution in [2.24, 2.45) is 7.05 Å². The van der Waals surface area contributed by atoms with E-state index in [2.05, 4.69) is 4.85 Å². The van der Waals surface area contributed by atoms with Gasteiger partial charge >= 0.3 is 5.97 Å². The molecule has 0 aliphatic heterocycles. The number of hydrogen-bond acceptors (Lipinski definition) is 1. The quantitative estimate of drug-likeness (QED) is 0.650.